The molecule has 2 aromatic rings. The van der Waals surface area contributed by atoms with E-state index in [9.17, 15) is 14.4 Å². The quantitative estimate of drug-likeness (QED) is 0.812. The summed E-state index contributed by atoms with van der Waals surface area (Å²) < 4.78 is 5.01. The summed E-state index contributed by atoms with van der Waals surface area (Å²) in [4.78, 5) is 41.3. The average Bonchev–Trinajstić information content (AvgIpc) is 3.07. The summed E-state index contributed by atoms with van der Waals surface area (Å²) in [5.74, 6) is -1.78. The Morgan fingerprint density at radius 1 is 1.10 bits per heavy atom. The van der Waals surface area contributed by atoms with Crippen LogP contribution in [0.15, 0.2) is 35.7 Å². The van der Waals surface area contributed by atoms with E-state index in [-0.39, 0.29) is 16.0 Å². The lowest BCUT2D eigenvalue weighted by Crippen LogP contribution is -2.32. The van der Waals surface area contributed by atoms with Crippen LogP contribution in [-0.4, -0.2) is 30.0 Å². The van der Waals surface area contributed by atoms with Gasteiger partial charge in [0.1, 0.15) is 5.75 Å². The molecule has 0 bridgehead atoms. The summed E-state index contributed by atoms with van der Waals surface area (Å²) >= 11 is 1.10. The number of imide groups is 1. The van der Waals surface area contributed by atoms with Crippen LogP contribution in [0.5, 0.6) is 5.75 Å². The number of carbonyl (C=O) groups excluding carboxylic acids is 3. The minimum absolute atomic E-state index is 0.189. The molecule has 0 unspecified atom stereocenters. The number of hydroxylamine groups is 2. The summed E-state index contributed by atoms with van der Waals surface area (Å²) in [6.07, 6.45) is 0. The summed E-state index contributed by atoms with van der Waals surface area (Å²) in [6.45, 7) is 0. The van der Waals surface area contributed by atoms with Gasteiger partial charge in [-0.05, 0) is 23.6 Å². The molecule has 2 heterocycles. The Bertz CT molecular complexity index is 716. The van der Waals surface area contributed by atoms with Crippen LogP contribution in [0.3, 0.4) is 0 Å². The fourth-order valence-electron chi connectivity index (χ4n) is 1.98. The lowest BCUT2D eigenvalue weighted by atomic mass is 10.1. The Morgan fingerprint density at radius 2 is 1.71 bits per heavy atom. The van der Waals surface area contributed by atoms with Crippen LogP contribution >= 0.6 is 11.3 Å². The molecule has 1 aromatic carbocycles. The first-order chi connectivity index (χ1) is 10.1. The third-order valence-electron chi connectivity index (χ3n) is 2.97. The van der Waals surface area contributed by atoms with E-state index in [1.54, 1.807) is 23.6 Å². The van der Waals surface area contributed by atoms with Gasteiger partial charge in [0.25, 0.3) is 11.8 Å². The number of fused-ring (bicyclic) bond motifs is 1. The van der Waals surface area contributed by atoms with Crippen molar-refractivity contribution in [2.24, 2.45) is 0 Å². The highest BCUT2D eigenvalue weighted by atomic mass is 32.1. The van der Waals surface area contributed by atoms with E-state index in [4.69, 9.17) is 9.57 Å². The highest BCUT2D eigenvalue weighted by molar-refractivity contribution is 7.12. The molecule has 0 atom stereocenters. The van der Waals surface area contributed by atoms with E-state index in [0.717, 1.165) is 11.3 Å². The second-order valence-electron chi connectivity index (χ2n) is 4.15. The maximum Gasteiger partial charge on any atom is 0.377 e. The molecule has 7 heteroatoms. The topological polar surface area (TPSA) is 72.9 Å². The number of methoxy groups -OCH3 is 1. The molecule has 1 aliphatic rings. The van der Waals surface area contributed by atoms with Crippen LogP contribution in [0.1, 0.15) is 30.4 Å². The summed E-state index contributed by atoms with van der Waals surface area (Å²) in [7, 11) is 1.42. The number of nitrogens with zero attached hydrogens (tertiary/aromatic N) is 1. The van der Waals surface area contributed by atoms with Crippen molar-refractivity contribution in [2.75, 3.05) is 7.11 Å². The molecule has 21 heavy (non-hydrogen) atoms. The van der Waals surface area contributed by atoms with Gasteiger partial charge >= 0.3 is 5.97 Å². The zero-order valence-corrected chi connectivity index (χ0v) is 11.7. The number of hydrogen-bond donors (Lipinski definition) is 0. The second-order valence-corrected chi connectivity index (χ2v) is 5.06. The zero-order chi connectivity index (χ0) is 15.0. The van der Waals surface area contributed by atoms with Crippen molar-refractivity contribution < 1.29 is 24.0 Å². The highest BCUT2D eigenvalue weighted by Crippen LogP contribution is 2.28. The summed E-state index contributed by atoms with van der Waals surface area (Å²) in [5.41, 5.74) is 0.432. The molecule has 1 aliphatic heterocycles. The number of rotatable bonds is 3. The maximum absolute atomic E-state index is 12.1. The normalized spacial score (nSPS) is 13.3. The monoisotopic (exact) mass is 303 g/mol. The number of amides is 2. The van der Waals surface area contributed by atoms with Gasteiger partial charge in [0.05, 0.1) is 18.2 Å². The van der Waals surface area contributed by atoms with Crippen LogP contribution < -0.4 is 4.74 Å². The van der Waals surface area contributed by atoms with Crippen LogP contribution in [0.25, 0.3) is 0 Å². The van der Waals surface area contributed by atoms with Gasteiger partial charge in [0.2, 0.25) is 0 Å². The van der Waals surface area contributed by atoms with Gasteiger partial charge in [0, 0.05) is 0 Å². The molecule has 106 valence electrons. The average molecular weight is 303 g/mol. The van der Waals surface area contributed by atoms with Crippen molar-refractivity contribution in [2.45, 2.75) is 0 Å². The van der Waals surface area contributed by atoms with Crippen molar-refractivity contribution in [3.63, 3.8) is 0 Å². The van der Waals surface area contributed by atoms with E-state index in [0.29, 0.717) is 10.8 Å². The van der Waals surface area contributed by atoms with Crippen molar-refractivity contribution >= 4 is 29.1 Å². The molecule has 2 amide bonds. The molecule has 6 nitrogen and oxygen atoms in total. The molecule has 0 saturated carbocycles. The van der Waals surface area contributed by atoms with Gasteiger partial charge in [-0.1, -0.05) is 17.2 Å². The SMILES string of the molecule is COc1ccsc1C(=O)ON1C(=O)c2ccccc2C1=O. The van der Waals surface area contributed by atoms with Gasteiger partial charge < -0.3 is 9.57 Å². The van der Waals surface area contributed by atoms with Gasteiger partial charge in [-0.3, -0.25) is 9.59 Å². The first-order valence-corrected chi connectivity index (χ1v) is 6.83. The first-order valence-electron chi connectivity index (χ1n) is 5.95. The Hall–Kier alpha value is -2.67. The van der Waals surface area contributed by atoms with E-state index >= 15 is 0 Å². The fraction of sp³-hybridized carbons (Fsp3) is 0.0714. The first kappa shape index (κ1) is 13.3. The molecular formula is C14H9NO5S. The maximum atomic E-state index is 12.1. The molecule has 0 radical (unpaired) electrons. The smallest absolute Gasteiger partial charge is 0.377 e. The van der Waals surface area contributed by atoms with Crippen LogP contribution in [-0.2, 0) is 4.84 Å². The van der Waals surface area contributed by atoms with Crippen molar-refractivity contribution in [3.05, 3.63) is 51.7 Å². The minimum atomic E-state index is -0.809. The Morgan fingerprint density at radius 3 is 2.29 bits per heavy atom. The largest absolute Gasteiger partial charge is 0.495 e. The highest BCUT2D eigenvalue weighted by Gasteiger charge is 2.39. The third-order valence-corrected chi connectivity index (χ3v) is 3.84. The lowest BCUT2D eigenvalue weighted by molar-refractivity contribution is -0.0582. The molecule has 0 N–H and O–H groups in total. The number of ether oxygens (including phenoxy) is 1. The summed E-state index contributed by atoms with van der Waals surface area (Å²) in [6, 6.07) is 7.89. The molecule has 1 aromatic heterocycles. The summed E-state index contributed by atoms with van der Waals surface area (Å²) in [5, 5.41) is 2.13. The molecular weight excluding hydrogens is 294 g/mol. The van der Waals surface area contributed by atoms with Crippen LogP contribution in [0.2, 0.25) is 0 Å². The lowest BCUT2D eigenvalue weighted by Gasteiger charge is -2.12. The standard InChI is InChI=1S/C14H9NO5S/c1-19-10-6-7-21-11(10)14(18)20-15-12(16)8-4-2-3-5-9(8)13(15)17/h2-7H,1H3. The molecule has 0 aliphatic carbocycles. The second kappa shape index (κ2) is 5.02. The fourth-order valence-corrected chi connectivity index (χ4v) is 2.71. The van der Waals surface area contributed by atoms with Crippen molar-refractivity contribution in [1.29, 1.82) is 0 Å². The number of thiophene rings is 1. The van der Waals surface area contributed by atoms with Crippen molar-refractivity contribution in [3.8, 4) is 5.75 Å². The van der Waals surface area contributed by atoms with E-state index < -0.39 is 17.8 Å². The van der Waals surface area contributed by atoms with Crippen LogP contribution in [0, 0.1) is 0 Å². The predicted molar refractivity (Wildman–Crippen MR) is 73.2 cm³/mol. The van der Waals surface area contributed by atoms with Gasteiger partial charge in [-0.15, -0.1) is 11.3 Å². The number of carbonyl (C=O) groups is 3. The number of benzene rings is 1. The Labute approximate surface area is 123 Å². The van der Waals surface area contributed by atoms with E-state index in [1.807, 2.05) is 0 Å². The Kier molecular flexibility index (Phi) is 3.19. The zero-order valence-electron chi connectivity index (χ0n) is 10.9. The van der Waals surface area contributed by atoms with Crippen molar-refractivity contribution in [1.82, 2.24) is 5.06 Å². The molecule has 0 saturated heterocycles. The predicted octanol–water partition coefficient (Wildman–Crippen LogP) is 2.12. The van der Waals surface area contributed by atoms with E-state index in [1.165, 1.54) is 19.2 Å². The molecule has 0 spiro atoms. The van der Waals surface area contributed by atoms with Gasteiger partial charge in [-0.25, -0.2) is 4.79 Å². The number of hydrogen-bond acceptors (Lipinski definition) is 6. The van der Waals surface area contributed by atoms with E-state index in [2.05, 4.69) is 0 Å². The van der Waals surface area contributed by atoms with Crippen LogP contribution in [0.4, 0.5) is 0 Å². The molecule has 0 fully saturated rings. The third kappa shape index (κ3) is 2.07. The van der Waals surface area contributed by atoms with Gasteiger partial charge in [0.15, 0.2) is 4.88 Å². The Balaban J connectivity index is 1.86. The molecule has 3 rings (SSSR count). The van der Waals surface area contributed by atoms with Gasteiger partial charge in [-0.2, -0.15) is 0 Å². The minimum Gasteiger partial charge on any atom is -0.495 e.